The van der Waals surface area contributed by atoms with Crippen molar-refractivity contribution in [2.45, 2.75) is 73.0 Å². The summed E-state index contributed by atoms with van der Waals surface area (Å²) in [7, 11) is 0. The van der Waals surface area contributed by atoms with E-state index in [4.69, 9.17) is 10.3 Å². The van der Waals surface area contributed by atoms with Crippen molar-refractivity contribution in [1.29, 1.82) is 0 Å². The summed E-state index contributed by atoms with van der Waals surface area (Å²) in [6.07, 6.45) is 3.73. The number of nitrogens with zero attached hydrogens (tertiary/aromatic N) is 2. The quantitative estimate of drug-likeness (QED) is 0.188. The van der Waals surface area contributed by atoms with Gasteiger partial charge in [-0.2, -0.15) is 0 Å². The molecule has 4 rings (SSSR count). The molecular formula is C37H46F2N4O4. The summed E-state index contributed by atoms with van der Waals surface area (Å²) in [4.78, 5) is 29.0. The summed E-state index contributed by atoms with van der Waals surface area (Å²) >= 11 is 0. The topological polar surface area (TPSA) is 122 Å². The lowest BCUT2D eigenvalue weighted by Gasteiger charge is -2.42. The van der Waals surface area contributed by atoms with Gasteiger partial charge in [0.05, 0.1) is 17.2 Å². The molecule has 0 aliphatic heterocycles. The third-order valence-electron chi connectivity index (χ3n) is 8.81. The predicted molar refractivity (Wildman–Crippen MR) is 178 cm³/mol. The van der Waals surface area contributed by atoms with Gasteiger partial charge in [-0.25, -0.2) is 8.78 Å². The van der Waals surface area contributed by atoms with Gasteiger partial charge in [0.2, 0.25) is 11.8 Å². The van der Waals surface area contributed by atoms with Crippen LogP contribution in [-0.2, 0) is 22.6 Å². The Morgan fingerprint density at radius 2 is 1.74 bits per heavy atom. The molecule has 3 aromatic rings. The fourth-order valence-corrected chi connectivity index (χ4v) is 6.80. The number of nitrogens with two attached hydrogens (primary N) is 1. The highest BCUT2D eigenvalue weighted by molar-refractivity contribution is 5.97. The molecule has 2 amide bonds. The average molecular weight is 649 g/mol. The number of halogens is 2. The zero-order valence-corrected chi connectivity index (χ0v) is 27.9. The van der Waals surface area contributed by atoms with Crippen molar-refractivity contribution in [1.82, 2.24) is 15.4 Å². The Bertz CT molecular complexity index is 1600. The molecule has 1 unspecified atom stereocenters. The van der Waals surface area contributed by atoms with E-state index in [2.05, 4.69) is 10.5 Å². The molecule has 0 fully saturated rings. The van der Waals surface area contributed by atoms with E-state index in [1.165, 1.54) is 12.1 Å². The molecule has 0 spiro atoms. The Labute approximate surface area is 275 Å². The third-order valence-corrected chi connectivity index (χ3v) is 8.81. The first-order valence-corrected chi connectivity index (χ1v) is 16.2. The largest absolute Gasteiger partial charge is 0.391 e. The van der Waals surface area contributed by atoms with E-state index in [9.17, 15) is 23.5 Å². The summed E-state index contributed by atoms with van der Waals surface area (Å²) < 4.78 is 34.0. The molecule has 1 heterocycles. The molecule has 0 bridgehead atoms. The Morgan fingerprint density at radius 1 is 1.06 bits per heavy atom. The van der Waals surface area contributed by atoms with E-state index in [0.29, 0.717) is 36.5 Å². The van der Waals surface area contributed by atoms with Gasteiger partial charge < -0.3 is 25.6 Å². The summed E-state index contributed by atoms with van der Waals surface area (Å²) in [6.45, 7) is 11.1. The number of aliphatic hydroxyl groups is 1. The van der Waals surface area contributed by atoms with E-state index in [0.717, 1.165) is 41.3 Å². The van der Waals surface area contributed by atoms with E-state index < -0.39 is 35.0 Å². The van der Waals surface area contributed by atoms with E-state index in [1.807, 2.05) is 52.0 Å². The van der Waals surface area contributed by atoms with Crippen LogP contribution in [-0.4, -0.2) is 52.7 Å². The van der Waals surface area contributed by atoms with Crippen LogP contribution in [0.4, 0.5) is 8.78 Å². The minimum atomic E-state index is -1.50. The second-order valence-electron chi connectivity index (χ2n) is 12.6. The lowest BCUT2D eigenvalue weighted by atomic mass is 9.63. The molecular weight excluding hydrogens is 602 g/mol. The van der Waals surface area contributed by atoms with Crippen LogP contribution >= 0.6 is 0 Å². The van der Waals surface area contributed by atoms with Crippen LogP contribution in [0.15, 0.2) is 70.3 Å². The Balaban J connectivity index is 1.64. The number of aryl methyl sites for hydroxylation is 2. The number of amides is 2. The van der Waals surface area contributed by atoms with Crippen molar-refractivity contribution in [3.8, 4) is 11.1 Å². The molecule has 4 N–H and O–H groups in total. The van der Waals surface area contributed by atoms with Gasteiger partial charge >= 0.3 is 0 Å². The smallest absolute Gasteiger partial charge is 0.249 e. The van der Waals surface area contributed by atoms with Gasteiger partial charge in [0.1, 0.15) is 17.4 Å². The molecule has 1 aliphatic rings. The first kappa shape index (κ1) is 35.7. The molecule has 10 heteroatoms. The maximum Gasteiger partial charge on any atom is 0.249 e. The molecule has 0 radical (unpaired) electrons. The zero-order chi connectivity index (χ0) is 34.3. The summed E-state index contributed by atoms with van der Waals surface area (Å²) in [6, 6.07) is 11.0. The van der Waals surface area contributed by atoms with Gasteiger partial charge in [0.15, 0.2) is 0 Å². The predicted octanol–water partition coefficient (Wildman–Crippen LogP) is 5.94. The second-order valence-corrected chi connectivity index (χ2v) is 12.6. The molecule has 1 aliphatic carbocycles. The minimum absolute atomic E-state index is 0.0402. The fourth-order valence-electron chi connectivity index (χ4n) is 6.80. The number of aliphatic hydroxyl groups excluding tert-OH is 1. The number of nitrogens with one attached hydrogen (secondary N) is 1. The van der Waals surface area contributed by atoms with E-state index in [-0.39, 0.29) is 30.9 Å². The van der Waals surface area contributed by atoms with Crippen LogP contribution in [0.3, 0.4) is 0 Å². The standard InChI is InChI=1S/C37H46F2N4O4/c1-6-11-43(12-7-2)35(45)29-13-23(3)19-37(20-29,36(40)46)32(17-27-15-30(38)18-31(39)16-27)33(44)22-41-21-26-9-8-10-28(14-26)34-24(4)42-47-25(34)5/h8-10,13-16,18-19,32-33,41,44H,6-7,11-12,17,20-22H2,1-5H3,(H2,40,46)/t32-,33+,37?/m1/s1. The van der Waals surface area contributed by atoms with Gasteiger partial charge in [-0.15, -0.1) is 0 Å². The minimum Gasteiger partial charge on any atom is -0.391 e. The number of hydrogen-bond donors (Lipinski definition) is 3. The molecule has 8 nitrogen and oxygen atoms in total. The van der Waals surface area contributed by atoms with Crippen molar-refractivity contribution in [2.24, 2.45) is 17.1 Å². The number of aromatic nitrogens is 1. The number of carbonyl (C=O) groups excluding carboxylic acids is 2. The first-order chi connectivity index (χ1) is 22.4. The lowest BCUT2D eigenvalue weighted by molar-refractivity contribution is -0.132. The zero-order valence-electron chi connectivity index (χ0n) is 27.9. The number of primary amides is 1. The molecule has 3 atom stereocenters. The van der Waals surface area contributed by atoms with Gasteiger partial charge in [-0.05, 0) is 81.3 Å². The number of hydrogen-bond acceptors (Lipinski definition) is 6. The second kappa shape index (κ2) is 15.6. The van der Waals surface area contributed by atoms with E-state index >= 15 is 0 Å². The van der Waals surface area contributed by atoms with Crippen molar-refractivity contribution < 1.29 is 28.0 Å². The van der Waals surface area contributed by atoms with Crippen LogP contribution in [0.2, 0.25) is 0 Å². The van der Waals surface area contributed by atoms with Gasteiger partial charge in [0, 0.05) is 49.3 Å². The summed E-state index contributed by atoms with van der Waals surface area (Å²) in [5.41, 5.74) is 9.59. The molecule has 1 aromatic heterocycles. The first-order valence-electron chi connectivity index (χ1n) is 16.2. The normalized spacial score (nSPS) is 17.5. The lowest BCUT2D eigenvalue weighted by Crippen LogP contribution is -2.51. The SMILES string of the molecule is CCCN(CCC)C(=O)C1=CC(C)=CC(C(N)=O)([C@H](Cc2cc(F)cc(F)c2)[C@@H](O)CNCc2cccc(-c3c(C)noc3C)c2)C1. The summed E-state index contributed by atoms with van der Waals surface area (Å²) in [5.74, 6) is -2.64. The summed E-state index contributed by atoms with van der Waals surface area (Å²) in [5, 5.41) is 19.1. The molecule has 252 valence electrons. The number of allylic oxidation sites excluding steroid dienone is 2. The monoisotopic (exact) mass is 648 g/mol. The maximum absolute atomic E-state index is 14.3. The third kappa shape index (κ3) is 8.42. The van der Waals surface area contributed by atoms with Crippen molar-refractivity contribution in [2.75, 3.05) is 19.6 Å². The average Bonchev–Trinajstić information content (AvgIpc) is 3.35. The Hall–Kier alpha value is -4.15. The maximum atomic E-state index is 14.3. The van der Waals surface area contributed by atoms with Crippen LogP contribution in [0.5, 0.6) is 0 Å². The number of rotatable bonds is 15. The highest BCUT2D eigenvalue weighted by Crippen LogP contribution is 2.44. The fraction of sp³-hybridized carbons (Fsp3) is 0.432. The number of carbonyl (C=O) groups is 2. The van der Waals surface area contributed by atoms with Crippen molar-refractivity contribution in [3.63, 3.8) is 0 Å². The Kier molecular flexibility index (Phi) is 11.9. The highest BCUT2D eigenvalue weighted by atomic mass is 19.1. The van der Waals surface area contributed by atoms with Crippen molar-refractivity contribution >= 4 is 11.8 Å². The van der Waals surface area contributed by atoms with Crippen LogP contribution in [0.1, 0.15) is 62.6 Å². The van der Waals surface area contributed by atoms with Gasteiger partial charge in [-0.3, -0.25) is 9.59 Å². The van der Waals surface area contributed by atoms with Crippen molar-refractivity contribution in [3.05, 3.63) is 100.0 Å². The van der Waals surface area contributed by atoms with Gasteiger partial charge in [0.25, 0.3) is 0 Å². The van der Waals surface area contributed by atoms with Crippen LogP contribution in [0, 0.1) is 36.8 Å². The molecule has 0 saturated carbocycles. The molecule has 0 saturated heterocycles. The van der Waals surface area contributed by atoms with Crippen LogP contribution < -0.4 is 11.1 Å². The van der Waals surface area contributed by atoms with Crippen LogP contribution in [0.25, 0.3) is 11.1 Å². The van der Waals surface area contributed by atoms with E-state index in [1.54, 1.807) is 24.0 Å². The molecule has 47 heavy (non-hydrogen) atoms. The highest BCUT2D eigenvalue weighted by Gasteiger charge is 2.48. The Morgan fingerprint density at radius 3 is 2.34 bits per heavy atom. The van der Waals surface area contributed by atoms with Gasteiger partial charge in [-0.1, -0.05) is 54.9 Å². The number of benzene rings is 2. The molecule has 2 aromatic carbocycles.